The minimum Gasteiger partial charge on any atom is -0.338 e. The van der Waals surface area contributed by atoms with Crippen LogP contribution < -0.4 is 21.3 Å². The van der Waals surface area contributed by atoms with Gasteiger partial charge in [-0.05, 0) is 49.1 Å². The van der Waals surface area contributed by atoms with Crippen molar-refractivity contribution in [1.82, 2.24) is 5.32 Å². The van der Waals surface area contributed by atoms with Gasteiger partial charge in [0.2, 0.25) is 0 Å². The average Bonchev–Trinajstić information content (AvgIpc) is 2.58. The zero-order valence-corrected chi connectivity index (χ0v) is 15.4. The van der Waals surface area contributed by atoms with Crippen molar-refractivity contribution in [2.45, 2.75) is 27.2 Å². The van der Waals surface area contributed by atoms with Gasteiger partial charge in [0, 0.05) is 23.6 Å². The van der Waals surface area contributed by atoms with E-state index in [1.54, 1.807) is 12.1 Å². The lowest BCUT2D eigenvalue weighted by Gasteiger charge is -2.13. The molecule has 0 radical (unpaired) electrons. The smallest absolute Gasteiger partial charge is 0.323 e. The highest BCUT2D eigenvalue weighted by Gasteiger charge is 2.08. The third kappa shape index (κ3) is 6.47. The van der Waals surface area contributed by atoms with E-state index in [0.29, 0.717) is 29.5 Å². The molecular formula is C20H26N4O2. The number of para-hydroxylation sites is 1. The molecule has 2 aromatic rings. The van der Waals surface area contributed by atoms with Crippen molar-refractivity contribution in [3.63, 3.8) is 0 Å². The lowest BCUT2D eigenvalue weighted by atomic mass is 10.1. The molecule has 4 N–H and O–H groups in total. The molecule has 0 bridgehead atoms. The summed E-state index contributed by atoms with van der Waals surface area (Å²) in [6.07, 6.45) is 0.924. The Morgan fingerprint density at radius 3 is 2.27 bits per heavy atom. The summed E-state index contributed by atoms with van der Waals surface area (Å²) in [4.78, 5) is 24.1. The van der Waals surface area contributed by atoms with Gasteiger partial charge >= 0.3 is 12.1 Å². The Labute approximate surface area is 154 Å². The van der Waals surface area contributed by atoms with Crippen LogP contribution >= 0.6 is 0 Å². The van der Waals surface area contributed by atoms with Crippen LogP contribution in [0, 0.1) is 12.8 Å². The maximum absolute atomic E-state index is 12.1. The minimum atomic E-state index is -0.340. The van der Waals surface area contributed by atoms with Crippen LogP contribution in [0.4, 0.5) is 26.7 Å². The minimum absolute atomic E-state index is 0.250. The molecule has 0 unspecified atom stereocenters. The van der Waals surface area contributed by atoms with Crippen LogP contribution in [-0.2, 0) is 0 Å². The highest BCUT2D eigenvalue weighted by atomic mass is 16.2. The molecule has 0 aliphatic carbocycles. The standard InChI is InChI=1S/C20H26N4O2/c1-14(2)11-12-21-19(25)24-18-13-17(10-9-15(18)3)23-20(26)22-16-7-5-4-6-8-16/h4-10,13-14H,11-12H2,1-3H3,(H2,21,24,25)(H2,22,23,26). The number of amides is 4. The normalized spacial score (nSPS) is 10.3. The van der Waals surface area contributed by atoms with E-state index in [4.69, 9.17) is 0 Å². The molecule has 0 fully saturated rings. The number of nitrogens with one attached hydrogen (secondary N) is 4. The number of hydrogen-bond acceptors (Lipinski definition) is 2. The second-order valence-electron chi connectivity index (χ2n) is 6.54. The number of hydrogen-bond donors (Lipinski definition) is 4. The molecule has 26 heavy (non-hydrogen) atoms. The molecule has 0 saturated carbocycles. The molecule has 6 heteroatoms. The predicted molar refractivity (Wildman–Crippen MR) is 107 cm³/mol. The number of benzene rings is 2. The van der Waals surface area contributed by atoms with Crippen LogP contribution in [0.1, 0.15) is 25.8 Å². The molecule has 2 aromatic carbocycles. The van der Waals surface area contributed by atoms with E-state index < -0.39 is 0 Å². The number of anilines is 3. The van der Waals surface area contributed by atoms with Crippen molar-refractivity contribution in [2.24, 2.45) is 5.92 Å². The van der Waals surface area contributed by atoms with Crippen molar-refractivity contribution in [3.05, 3.63) is 54.1 Å². The maximum Gasteiger partial charge on any atom is 0.323 e. The van der Waals surface area contributed by atoms with Gasteiger partial charge in [0.25, 0.3) is 0 Å². The molecule has 6 nitrogen and oxygen atoms in total. The number of carbonyl (C=O) groups is 2. The van der Waals surface area contributed by atoms with Crippen molar-refractivity contribution in [2.75, 3.05) is 22.5 Å². The summed E-state index contributed by atoms with van der Waals surface area (Å²) in [5.74, 6) is 0.535. The molecule has 0 aliphatic rings. The van der Waals surface area contributed by atoms with Crippen LogP contribution in [-0.4, -0.2) is 18.6 Å². The summed E-state index contributed by atoms with van der Waals surface area (Å²) in [6.45, 7) is 6.75. The quantitative estimate of drug-likeness (QED) is 0.600. The van der Waals surface area contributed by atoms with Crippen molar-refractivity contribution in [1.29, 1.82) is 0 Å². The van der Waals surface area contributed by atoms with E-state index in [1.807, 2.05) is 43.3 Å². The molecule has 4 amide bonds. The molecular weight excluding hydrogens is 328 g/mol. The molecule has 0 saturated heterocycles. The average molecular weight is 354 g/mol. The van der Waals surface area contributed by atoms with Crippen LogP contribution in [0.25, 0.3) is 0 Å². The Kier molecular flexibility index (Phi) is 7.02. The number of aryl methyl sites for hydroxylation is 1. The highest BCUT2D eigenvalue weighted by molar-refractivity contribution is 6.00. The van der Waals surface area contributed by atoms with Crippen LogP contribution in [0.3, 0.4) is 0 Å². The van der Waals surface area contributed by atoms with Gasteiger partial charge in [-0.25, -0.2) is 9.59 Å². The fourth-order valence-electron chi connectivity index (χ4n) is 2.29. The fraction of sp³-hybridized carbons (Fsp3) is 0.300. The first kappa shape index (κ1) is 19.3. The van der Waals surface area contributed by atoms with Gasteiger partial charge in [0.05, 0.1) is 0 Å². The Bertz CT molecular complexity index is 745. The van der Waals surface area contributed by atoms with E-state index >= 15 is 0 Å². The monoisotopic (exact) mass is 354 g/mol. The molecule has 0 aromatic heterocycles. The lowest BCUT2D eigenvalue weighted by molar-refractivity contribution is 0.251. The predicted octanol–water partition coefficient (Wildman–Crippen LogP) is 4.81. The van der Waals surface area contributed by atoms with Crippen LogP contribution in [0.15, 0.2) is 48.5 Å². The van der Waals surface area contributed by atoms with Gasteiger partial charge in [-0.15, -0.1) is 0 Å². The van der Waals surface area contributed by atoms with E-state index in [9.17, 15) is 9.59 Å². The Morgan fingerprint density at radius 2 is 1.58 bits per heavy atom. The van der Waals surface area contributed by atoms with Crippen LogP contribution in [0.2, 0.25) is 0 Å². The summed E-state index contributed by atoms with van der Waals surface area (Å²) in [5.41, 5.74) is 2.88. The van der Waals surface area contributed by atoms with E-state index in [-0.39, 0.29) is 12.1 Å². The van der Waals surface area contributed by atoms with Crippen molar-refractivity contribution in [3.8, 4) is 0 Å². The maximum atomic E-state index is 12.1. The zero-order chi connectivity index (χ0) is 18.9. The van der Waals surface area contributed by atoms with Crippen molar-refractivity contribution < 1.29 is 9.59 Å². The number of rotatable bonds is 6. The van der Waals surface area contributed by atoms with Crippen molar-refractivity contribution >= 4 is 29.1 Å². The van der Waals surface area contributed by atoms with Gasteiger partial charge in [-0.1, -0.05) is 38.1 Å². The Morgan fingerprint density at radius 1 is 0.885 bits per heavy atom. The van der Waals surface area contributed by atoms with E-state index in [1.165, 1.54) is 0 Å². The molecule has 0 heterocycles. The van der Waals surface area contributed by atoms with Gasteiger partial charge in [0.15, 0.2) is 0 Å². The second kappa shape index (κ2) is 9.46. The topological polar surface area (TPSA) is 82.3 Å². The first-order valence-electron chi connectivity index (χ1n) is 8.72. The lowest BCUT2D eigenvalue weighted by Crippen LogP contribution is -2.30. The van der Waals surface area contributed by atoms with Gasteiger partial charge in [0.1, 0.15) is 0 Å². The fourth-order valence-corrected chi connectivity index (χ4v) is 2.29. The summed E-state index contributed by atoms with van der Waals surface area (Å²) in [7, 11) is 0. The number of urea groups is 2. The largest absolute Gasteiger partial charge is 0.338 e. The summed E-state index contributed by atoms with van der Waals surface area (Å²) >= 11 is 0. The highest BCUT2D eigenvalue weighted by Crippen LogP contribution is 2.20. The third-order valence-corrected chi connectivity index (χ3v) is 3.78. The molecule has 138 valence electrons. The Balaban J connectivity index is 1.93. The van der Waals surface area contributed by atoms with Gasteiger partial charge in [-0.3, -0.25) is 0 Å². The van der Waals surface area contributed by atoms with Gasteiger partial charge < -0.3 is 21.3 Å². The van der Waals surface area contributed by atoms with E-state index in [0.717, 1.165) is 12.0 Å². The zero-order valence-electron chi connectivity index (χ0n) is 15.4. The SMILES string of the molecule is Cc1ccc(NC(=O)Nc2ccccc2)cc1NC(=O)NCCC(C)C. The molecule has 2 rings (SSSR count). The molecule has 0 aliphatic heterocycles. The molecule has 0 spiro atoms. The van der Waals surface area contributed by atoms with Crippen LogP contribution in [0.5, 0.6) is 0 Å². The summed E-state index contributed by atoms with van der Waals surface area (Å²) in [6, 6.07) is 14.0. The molecule has 0 atom stereocenters. The summed E-state index contributed by atoms with van der Waals surface area (Å²) in [5, 5.41) is 11.2. The first-order chi connectivity index (χ1) is 12.4. The number of carbonyl (C=O) groups excluding carboxylic acids is 2. The third-order valence-electron chi connectivity index (χ3n) is 3.78. The van der Waals surface area contributed by atoms with Gasteiger partial charge in [-0.2, -0.15) is 0 Å². The van der Waals surface area contributed by atoms with E-state index in [2.05, 4.69) is 35.1 Å². The summed E-state index contributed by atoms with van der Waals surface area (Å²) < 4.78 is 0. The second-order valence-corrected chi connectivity index (χ2v) is 6.54. The Hall–Kier alpha value is -3.02. The first-order valence-corrected chi connectivity index (χ1v) is 8.72.